The number of benzene rings is 1. The molecule has 0 radical (unpaired) electrons. The summed E-state index contributed by atoms with van der Waals surface area (Å²) in [5.74, 6) is -2.05. The molecule has 17 heavy (non-hydrogen) atoms. The Labute approximate surface area is 99.0 Å². The largest absolute Gasteiger partial charge is 0.395 e. The van der Waals surface area contributed by atoms with Crippen molar-refractivity contribution in [2.75, 3.05) is 12.4 Å². The molecule has 0 fully saturated rings. The Balaban J connectivity index is 3.19. The molecule has 1 aromatic carbocycles. The Morgan fingerprint density at radius 3 is 2.47 bits per heavy atom. The van der Waals surface area contributed by atoms with Crippen molar-refractivity contribution >= 4 is 9.84 Å². The minimum Gasteiger partial charge on any atom is -0.395 e. The van der Waals surface area contributed by atoms with Gasteiger partial charge in [-0.05, 0) is 12.5 Å². The molecule has 0 aliphatic heterocycles. The quantitative estimate of drug-likeness (QED) is 0.882. The van der Waals surface area contributed by atoms with Gasteiger partial charge >= 0.3 is 0 Å². The molecule has 6 heteroatoms. The second kappa shape index (κ2) is 5.55. The SMILES string of the molecule is CC[C@@H](c1ccc(F)cc1F)S(=O)(=O)CCO. The van der Waals surface area contributed by atoms with E-state index in [2.05, 4.69) is 0 Å². The Morgan fingerprint density at radius 1 is 1.35 bits per heavy atom. The molecule has 0 aromatic heterocycles. The molecule has 0 heterocycles. The topological polar surface area (TPSA) is 54.4 Å². The minimum absolute atomic E-state index is 0.0534. The van der Waals surface area contributed by atoms with Crippen molar-refractivity contribution in [3.63, 3.8) is 0 Å². The fraction of sp³-hybridized carbons (Fsp3) is 0.455. The monoisotopic (exact) mass is 264 g/mol. The first-order valence-electron chi connectivity index (χ1n) is 5.19. The van der Waals surface area contributed by atoms with Crippen LogP contribution in [-0.2, 0) is 9.84 Å². The highest BCUT2D eigenvalue weighted by molar-refractivity contribution is 7.91. The van der Waals surface area contributed by atoms with Crippen molar-refractivity contribution in [3.05, 3.63) is 35.4 Å². The van der Waals surface area contributed by atoms with Crippen molar-refractivity contribution in [2.45, 2.75) is 18.6 Å². The van der Waals surface area contributed by atoms with Crippen LogP contribution in [0.2, 0.25) is 0 Å². The smallest absolute Gasteiger partial charge is 0.159 e. The third-order valence-electron chi connectivity index (χ3n) is 2.49. The van der Waals surface area contributed by atoms with E-state index in [9.17, 15) is 17.2 Å². The highest BCUT2D eigenvalue weighted by Crippen LogP contribution is 2.28. The fourth-order valence-corrected chi connectivity index (χ4v) is 3.32. The van der Waals surface area contributed by atoms with Crippen LogP contribution in [-0.4, -0.2) is 25.9 Å². The van der Waals surface area contributed by atoms with Gasteiger partial charge in [-0.15, -0.1) is 0 Å². The van der Waals surface area contributed by atoms with Gasteiger partial charge in [-0.1, -0.05) is 13.0 Å². The molecule has 0 saturated heterocycles. The summed E-state index contributed by atoms with van der Waals surface area (Å²) in [7, 11) is -3.62. The minimum atomic E-state index is -3.62. The number of hydrogen-bond acceptors (Lipinski definition) is 3. The summed E-state index contributed by atoms with van der Waals surface area (Å²) in [6.45, 7) is 1.09. The molecular formula is C11H14F2O3S. The average Bonchev–Trinajstić information content (AvgIpc) is 2.21. The van der Waals surface area contributed by atoms with Crippen molar-refractivity contribution < 1.29 is 22.3 Å². The van der Waals surface area contributed by atoms with E-state index in [-0.39, 0.29) is 12.0 Å². The second-order valence-corrected chi connectivity index (χ2v) is 5.96. The highest BCUT2D eigenvalue weighted by atomic mass is 32.2. The molecular weight excluding hydrogens is 250 g/mol. The maximum Gasteiger partial charge on any atom is 0.159 e. The maximum atomic E-state index is 13.5. The third kappa shape index (κ3) is 3.23. The number of rotatable bonds is 5. The van der Waals surface area contributed by atoms with Gasteiger partial charge < -0.3 is 5.11 Å². The molecule has 0 bridgehead atoms. The predicted molar refractivity (Wildman–Crippen MR) is 60.3 cm³/mol. The summed E-state index contributed by atoms with van der Waals surface area (Å²) < 4.78 is 49.8. The van der Waals surface area contributed by atoms with Gasteiger partial charge in [-0.3, -0.25) is 0 Å². The molecule has 1 rings (SSSR count). The van der Waals surface area contributed by atoms with Crippen molar-refractivity contribution in [1.82, 2.24) is 0 Å². The van der Waals surface area contributed by atoms with Crippen LogP contribution in [0.15, 0.2) is 18.2 Å². The summed E-state index contributed by atoms with van der Waals surface area (Å²) in [5.41, 5.74) is -0.0534. The highest BCUT2D eigenvalue weighted by Gasteiger charge is 2.27. The maximum absolute atomic E-state index is 13.5. The number of hydrogen-bond donors (Lipinski definition) is 1. The lowest BCUT2D eigenvalue weighted by Crippen LogP contribution is -2.19. The summed E-state index contributed by atoms with van der Waals surface area (Å²) in [6.07, 6.45) is 0.172. The van der Waals surface area contributed by atoms with Crippen LogP contribution < -0.4 is 0 Å². The van der Waals surface area contributed by atoms with Gasteiger partial charge in [-0.25, -0.2) is 17.2 Å². The molecule has 1 N–H and O–H groups in total. The van der Waals surface area contributed by atoms with Gasteiger partial charge in [-0.2, -0.15) is 0 Å². The van der Waals surface area contributed by atoms with E-state index < -0.39 is 39.1 Å². The van der Waals surface area contributed by atoms with Crippen LogP contribution in [0.3, 0.4) is 0 Å². The molecule has 1 atom stereocenters. The van der Waals surface area contributed by atoms with Crippen LogP contribution in [0.1, 0.15) is 24.2 Å². The van der Waals surface area contributed by atoms with E-state index in [1.807, 2.05) is 0 Å². The fourth-order valence-electron chi connectivity index (χ4n) is 1.70. The predicted octanol–water partition coefficient (Wildman–Crippen LogP) is 1.82. The molecule has 3 nitrogen and oxygen atoms in total. The number of sulfone groups is 1. The molecule has 1 aromatic rings. The summed E-state index contributed by atoms with van der Waals surface area (Å²) in [6, 6.07) is 2.82. The van der Waals surface area contributed by atoms with Crippen molar-refractivity contribution in [2.24, 2.45) is 0 Å². The van der Waals surface area contributed by atoms with Gasteiger partial charge in [0, 0.05) is 11.6 Å². The Bertz CT molecular complexity index is 485. The molecule has 96 valence electrons. The molecule has 0 aliphatic rings. The van der Waals surface area contributed by atoms with Crippen LogP contribution in [0.25, 0.3) is 0 Å². The molecule has 0 amide bonds. The van der Waals surface area contributed by atoms with Crippen molar-refractivity contribution in [3.8, 4) is 0 Å². The first kappa shape index (κ1) is 14.1. The molecule has 0 unspecified atom stereocenters. The first-order chi connectivity index (χ1) is 7.92. The third-order valence-corrected chi connectivity index (χ3v) is 4.70. The molecule has 0 saturated carbocycles. The number of aliphatic hydroxyl groups is 1. The molecule has 0 spiro atoms. The summed E-state index contributed by atoms with van der Waals surface area (Å²) in [5, 5.41) is 7.63. The van der Waals surface area contributed by atoms with Gasteiger partial charge in [0.2, 0.25) is 0 Å². The Morgan fingerprint density at radius 2 is 2.00 bits per heavy atom. The van der Waals surface area contributed by atoms with E-state index in [4.69, 9.17) is 5.11 Å². The summed E-state index contributed by atoms with van der Waals surface area (Å²) in [4.78, 5) is 0. The zero-order valence-corrected chi connectivity index (χ0v) is 10.2. The van der Waals surface area contributed by atoms with E-state index in [0.717, 1.165) is 12.1 Å². The van der Waals surface area contributed by atoms with Crippen LogP contribution in [0.4, 0.5) is 8.78 Å². The van der Waals surface area contributed by atoms with E-state index in [1.54, 1.807) is 6.92 Å². The van der Waals surface area contributed by atoms with E-state index >= 15 is 0 Å². The normalized spacial score (nSPS) is 13.6. The first-order valence-corrected chi connectivity index (χ1v) is 6.91. The number of halogens is 2. The van der Waals surface area contributed by atoms with Crippen molar-refractivity contribution in [1.29, 1.82) is 0 Å². The van der Waals surface area contributed by atoms with E-state index in [0.29, 0.717) is 6.07 Å². The van der Waals surface area contributed by atoms with Crippen LogP contribution in [0.5, 0.6) is 0 Å². The second-order valence-electron chi connectivity index (χ2n) is 3.65. The van der Waals surface area contributed by atoms with Crippen LogP contribution >= 0.6 is 0 Å². The Hall–Kier alpha value is -1.01. The van der Waals surface area contributed by atoms with Gasteiger partial charge in [0.25, 0.3) is 0 Å². The zero-order chi connectivity index (χ0) is 13.1. The van der Waals surface area contributed by atoms with Gasteiger partial charge in [0.05, 0.1) is 17.6 Å². The Kier molecular flexibility index (Phi) is 4.59. The lowest BCUT2D eigenvalue weighted by molar-refractivity contribution is 0.319. The van der Waals surface area contributed by atoms with Gasteiger partial charge in [0.15, 0.2) is 9.84 Å². The number of aliphatic hydroxyl groups excluding tert-OH is 1. The van der Waals surface area contributed by atoms with Gasteiger partial charge in [0.1, 0.15) is 11.6 Å². The van der Waals surface area contributed by atoms with Crippen LogP contribution in [0, 0.1) is 11.6 Å². The summed E-state index contributed by atoms with van der Waals surface area (Å²) >= 11 is 0. The van der Waals surface area contributed by atoms with E-state index in [1.165, 1.54) is 0 Å². The standard InChI is InChI=1S/C11H14F2O3S/c1-2-11(17(15,16)6-5-14)9-4-3-8(12)7-10(9)13/h3-4,7,11,14H,2,5-6H2,1H3/t11-/m0/s1. The lowest BCUT2D eigenvalue weighted by Gasteiger charge is -2.16. The lowest BCUT2D eigenvalue weighted by atomic mass is 10.1. The molecule has 0 aliphatic carbocycles. The average molecular weight is 264 g/mol. The zero-order valence-electron chi connectivity index (χ0n) is 9.36.